The highest BCUT2D eigenvalue weighted by atomic mass is 19.1. The first-order chi connectivity index (χ1) is 12.3. The molecule has 0 aromatic rings. The number of halogens is 1. The lowest BCUT2D eigenvalue weighted by atomic mass is 9.95. The molecule has 4 nitrogen and oxygen atoms in total. The lowest BCUT2D eigenvalue weighted by Gasteiger charge is -2.30. The fourth-order valence-corrected chi connectivity index (χ4v) is 2.50. The fourth-order valence-electron chi connectivity index (χ4n) is 2.50. The van der Waals surface area contributed by atoms with Crippen molar-refractivity contribution in [1.29, 1.82) is 0 Å². The zero-order valence-corrected chi connectivity index (χ0v) is 15.5. The SMILES string of the molecule is C=C(/C=C\C(O)=C/C)N(C(=O)C(CO)CC1=CC=C(F)C#CC1)C(C)C. The van der Waals surface area contributed by atoms with Gasteiger partial charge in [0.15, 0.2) is 5.83 Å². The van der Waals surface area contributed by atoms with E-state index in [4.69, 9.17) is 0 Å². The van der Waals surface area contributed by atoms with E-state index in [0.717, 1.165) is 5.57 Å². The number of nitrogens with zero attached hydrogens (tertiary/aromatic N) is 1. The molecule has 0 aromatic heterocycles. The summed E-state index contributed by atoms with van der Waals surface area (Å²) < 4.78 is 13.2. The van der Waals surface area contributed by atoms with Crippen molar-refractivity contribution < 1.29 is 19.4 Å². The van der Waals surface area contributed by atoms with Crippen molar-refractivity contribution in [3.8, 4) is 11.8 Å². The zero-order chi connectivity index (χ0) is 19.7. The number of hydrogen-bond donors (Lipinski definition) is 2. The average molecular weight is 359 g/mol. The highest BCUT2D eigenvalue weighted by Crippen LogP contribution is 2.22. The Labute approximate surface area is 154 Å². The van der Waals surface area contributed by atoms with Crippen LogP contribution in [0.1, 0.15) is 33.6 Å². The molecule has 1 aliphatic carbocycles. The molecule has 0 spiro atoms. The molecule has 1 rings (SSSR count). The number of hydrogen-bond acceptors (Lipinski definition) is 3. The zero-order valence-electron chi connectivity index (χ0n) is 15.5. The largest absolute Gasteiger partial charge is 0.508 e. The van der Waals surface area contributed by atoms with E-state index in [2.05, 4.69) is 18.4 Å². The van der Waals surface area contributed by atoms with E-state index in [-0.39, 0.29) is 30.7 Å². The molecule has 0 bridgehead atoms. The van der Waals surface area contributed by atoms with Gasteiger partial charge in [0.25, 0.3) is 0 Å². The molecule has 1 atom stereocenters. The van der Waals surface area contributed by atoms with Gasteiger partial charge < -0.3 is 15.1 Å². The van der Waals surface area contributed by atoms with Gasteiger partial charge >= 0.3 is 0 Å². The molecule has 0 aliphatic heterocycles. The van der Waals surface area contributed by atoms with E-state index >= 15 is 0 Å². The molecule has 0 saturated carbocycles. The van der Waals surface area contributed by atoms with Crippen LogP contribution in [0.15, 0.2) is 59.8 Å². The first kappa shape index (κ1) is 21.5. The van der Waals surface area contributed by atoms with Gasteiger partial charge in [-0.25, -0.2) is 0 Å². The maximum Gasteiger partial charge on any atom is 0.232 e. The summed E-state index contributed by atoms with van der Waals surface area (Å²) in [6, 6.07) is -0.179. The molecule has 140 valence electrons. The molecule has 1 aliphatic rings. The normalized spacial score (nSPS) is 15.7. The van der Waals surface area contributed by atoms with Crippen molar-refractivity contribution in [3.63, 3.8) is 0 Å². The minimum atomic E-state index is -0.680. The highest BCUT2D eigenvalue weighted by Gasteiger charge is 2.27. The second kappa shape index (κ2) is 10.4. The van der Waals surface area contributed by atoms with Crippen LogP contribution in [0.4, 0.5) is 4.39 Å². The van der Waals surface area contributed by atoms with Gasteiger partial charge in [0, 0.05) is 18.2 Å². The van der Waals surface area contributed by atoms with E-state index < -0.39 is 11.7 Å². The maximum atomic E-state index is 13.2. The Morgan fingerprint density at radius 1 is 1.42 bits per heavy atom. The summed E-state index contributed by atoms with van der Waals surface area (Å²) in [6.45, 7) is 8.93. The molecule has 2 N–H and O–H groups in total. The van der Waals surface area contributed by atoms with Gasteiger partial charge in [0.1, 0.15) is 5.76 Å². The van der Waals surface area contributed by atoms with Crippen LogP contribution in [-0.4, -0.2) is 33.7 Å². The van der Waals surface area contributed by atoms with Crippen molar-refractivity contribution in [2.24, 2.45) is 5.92 Å². The van der Waals surface area contributed by atoms with E-state index in [1.807, 2.05) is 13.8 Å². The predicted molar refractivity (Wildman–Crippen MR) is 102 cm³/mol. The summed E-state index contributed by atoms with van der Waals surface area (Å²) in [6.07, 6.45) is 8.03. The van der Waals surface area contributed by atoms with Crippen LogP contribution in [0.3, 0.4) is 0 Å². The number of rotatable bonds is 8. The van der Waals surface area contributed by atoms with Crippen molar-refractivity contribution in [3.05, 3.63) is 59.8 Å². The molecular formula is C21H26FNO3. The van der Waals surface area contributed by atoms with Crippen molar-refractivity contribution in [2.75, 3.05) is 6.61 Å². The first-order valence-corrected chi connectivity index (χ1v) is 8.50. The summed E-state index contributed by atoms with van der Waals surface area (Å²) in [5.41, 5.74) is 1.20. The standard InChI is InChI=1S/C21H26FNO3/c1-5-20(25)12-9-16(4)23(15(2)3)21(26)18(14-24)13-17-7-6-8-19(22)11-10-17/h5,9-12,15,18,24-25H,4,7,13-14H2,1-3H3/b12-9-,20-5+. The number of amides is 1. The smallest absolute Gasteiger partial charge is 0.232 e. The van der Waals surface area contributed by atoms with Crippen LogP contribution >= 0.6 is 0 Å². The Hall–Kier alpha value is -2.58. The molecule has 0 aromatic carbocycles. The molecule has 0 heterocycles. The fraction of sp³-hybridized carbons (Fsp3) is 0.381. The predicted octanol–water partition coefficient (Wildman–Crippen LogP) is 3.94. The molecular weight excluding hydrogens is 333 g/mol. The van der Waals surface area contributed by atoms with Gasteiger partial charge in [-0.2, -0.15) is 4.39 Å². The van der Waals surface area contributed by atoms with E-state index in [9.17, 15) is 19.4 Å². The van der Waals surface area contributed by atoms with Crippen LogP contribution in [0, 0.1) is 17.8 Å². The molecule has 0 fully saturated rings. The quantitative estimate of drug-likeness (QED) is 0.392. The third kappa shape index (κ3) is 6.38. The lowest BCUT2D eigenvalue weighted by Crippen LogP contribution is -2.41. The number of aliphatic hydroxyl groups excluding tert-OH is 2. The Balaban J connectivity index is 2.97. The van der Waals surface area contributed by atoms with Crippen molar-refractivity contribution in [1.82, 2.24) is 4.90 Å². The minimum absolute atomic E-state index is 0.0667. The molecule has 0 saturated heterocycles. The number of allylic oxidation sites excluding steroid dienone is 7. The van der Waals surface area contributed by atoms with Gasteiger partial charge in [-0.05, 0) is 57.4 Å². The van der Waals surface area contributed by atoms with Crippen molar-refractivity contribution in [2.45, 2.75) is 39.7 Å². The van der Waals surface area contributed by atoms with Crippen LogP contribution in [-0.2, 0) is 4.79 Å². The number of carbonyl (C=O) groups is 1. The molecule has 26 heavy (non-hydrogen) atoms. The van der Waals surface area contributed by atoms with E-state index in [0.29, 0.717) is 12.1 Å². The third-order valence-electron chi connectivity index (χ3n) is 3.87. The van der Waals surface area contributed by atoms with E-state index in [1.54, 1.807) is 19.1 Å². The summed E-state index contributed by atoms with van der Waals surface area (Å²) in [4.78, 5) is 14.4. The summed E-state index contributed by atoms with van der Waals surface area (Å²) >= 11 is 0. The second-order valence-corrected chi connectivity index (χ2v) is 6.24. The summed E-state index contributed by atoms with van der Waals surface area (Å²) in [7, 11) is 0. The average Bonchev–Trinajstić information content (AvgIpc) is 2.81. The van der Waals surface area contributed by atoms with Crippen molar-refractivity contribution >= 4 is 5.91 Å². The van der Waals surface area contributed by atoms with Crippen LogP contribution in [0.2, 0.25) is 0 Å². The number of carbonyl (C=O) groups excluding carboxylic acids is 1. The Bertz CT molecular complexity index is 717. The number of aliphatic hydroxyl groups is 2. The first-order valence-electron chi connectivity index (χ1n) is 8.50. The van der Waals surface area contributed by atoms with Crippen LogP contribution < -0.4 is 0 Å². The molecule has 0 radical (unpaired) electrons. The van der Waals surface area contributed by atoms with Gasteiger partial charge in [0.2, 0.25) is 5.91 Å². The van der Waals surface area contributed by atoms with Crippen LogP contribution in [0.5, 0.6) is 0 Å². The Morgan fingerprint density at radius 3 is 2.69 bits per heavy atom. The molecule has 1 unspecified atom stereocenters. The monoisotopic (exact) mass is 359 g/mol. The van der Waals surface area contributed by atoms with Gasteiger partial charge in [0.05, 0.1) is 12.5 Å². The Kier molecular flexibility index (Phi) is 8.60. The third-order valence-corrected chi connectivity index (χ3v) is 3.87. The highest BCUT2D eigenvalue weighted by molar-refractivity contribution is 5.81. The van der Waals surface area contributed by atoms with Gasteiger partial charge in [-0.3, -0.25) is 4.79 Å². The minimum Gasteiger partial charge on any atom is -0.508 e. The molecule has 5 heteroatoms. The maximum absolute atomic E-state index is 13.2. The van der Waals surface area contributed by atoms with Gasteiger partial charge in [-0.1, -0.05) is 24.1 Å². The second-order valence-electron chi connectivity index (χ2n) is 6.24. The lowest BCUT2D eigenvalue weighted by molar-refractivity contribution is -0.136. The van der Waals surface area contributed by atoms with Crippen LogP contribution in [0.25, 0.3) is 0 Å². The topological polar surface area (TPSA) is 60.8 Å². The summed E-state index contributed by atoms with van der Waals surface area (Å²) in [5, 5.41) is 19.2. The van der Waals surface area contributed by atoms with Gasteiger partial charge in [-0.15, -0.1) is 0 Å². The molecule has 1 amide bonds. The summed E-state index contributed by atoms with van der Waals surface area (Å²) in [5.74, 6) is 3.66. The van der Waals surface area contributed by atoms with E-state index in [1.165, 1.54) is 23.1 Å². The Morgan fingerprint density at radius 2 is 2.12 bits per heavy atom.